The first kappa shape index (κ1) is 19.1. The molecule has 0 aliphatic heterocycles. The van der Waals surface area contributed by atoms with E-state index in [-0.39, 0.29) is 22.9 Å². The molecule has 0 saturated carbocycles. The number of ether oxygens (including phenoxy) is 1. The standard InChI is InChI=1S/C19H17N5O3S/c1-3-15(25)23-19-22-14(10-28-19)11-5-4-6-13(7-11)24-9-12(8-20)16(21)17(24)18(26)27-2/h4-7,9-10H,3,21H2,1-2H3,(H,22,23,25). The zero-order valence-electron chi connectivity index (χ0n) is 15.2. The number of anilines is 2. The van der Waals surface area contributed by atoms with Gasteiger partial charge in [-0.3, -0.25) is 4.79 Å². The summed E-state index contributed by atoms with van der Waals surface area (Å²) in [5.74, 6) is -0.744. The van der Waals surface area contributed by atoms with Gasteiger partial charge in [0, 0.05) is 29.2 Å². The maximum Gasteiger partial charge on any atom is 0.357 e. The van der Waals surface area contributed by atoms with Gasteiger partial charge in [0.1, 0.15) is 6.07 Å². The fraction of sp³-hybridized carbons (Fsp3) is 0.158. The molecule has 2 aromatic heterocycles. The van der Waals surface area contributed by atoms with E-state index in [9.17, 15) is 14.9 Å². The van der Waals surface area contributed by atoms with Crippen LogP contribution in [0.5, 0.6) is 0 Å². The highest BCUT2D eigenvalue weighted by atomic mass is 32.1. The average Bonchev–Trinajstić information content (AvgIpc) is 3.31. The molecule has 1 aromatic carbocycles. The van der Waals surface area contributed by atoms with Gasteiger partial charge in [-0.05, 0) is 12.1 Å². The molecule has 8 nitrogen and oxygen atoms in total. The minimum Gasteiger partial charge on any atom is -0.464 e. The number of nitrogens with one attached hydrogen (secondary N) is 1. The lowest BCUT2D eigenvalue weighted by Gasteiger charge is -2.09. The lowest BCUT2D eigenvalue weighted by molar-refractivity contribution is -0.115. The number of amides is 1. The van der Waals surface area contributed by atoms with Crippen LogP contribution in [-0.4, -0.2) is 28.5 Å². The largest absolute Gasteiger partial charge is 0.464 e. The smallest absolute Gasteiger partial charge is 0.357 e. The van der Waals surface area contributed by atoms with Crippen molar-refractivity contribution in [3.63, 3.8) is 0 Å². The Morgan fingerprint density at radius 3 is 2.89 bits per heavy atom. The van der Waals surface area contributed by atoms with Crippen molar-refractivity contribution in [1.29, 1.82) is 5.26 Å². The van der Waals surface area contributed by atoms with Crippen LogP contribution in [0.25, 0.3) is 16.9 Å². The lowest BCUT2D eigenvalue weighted by Crippen LogP contribution is -2.11. The highest BCUT2D eigenvalue weighted by Crippen LogP contribution is 2.29. The zero-order chi connectivity index (χ0) is 20.3. The fourth-order valence-corrected chi connectivity index (χ4v) is 3.34. The second-order valence-corrected chi connectivity index (χ2v) is 6.63. The fourth-order valence-electron chi connectivity index (χ4n) is 2.60. The first-order valence-corrected chi connectivity index (χ1v) is 9.21. The summed E-state index contributed by atoms with van der Waals surface area (Å²) in [6, 6.07) is 9.23. The number of benzene rings is 1. The van der Waals surface area contributed by atoms with Crippen LogP contribution in [0.2, 0.25) is 0 Å². The summed E-state index contributed by atoms with van der Waals surface area (Å²) in [6.45, 7) is 1.77. The van der Waals surface area contributed by atoms with Gasteiger partial charge in [-0.25, -0.2) is 9.78 Å². The number of nitrogen functional groups attached to an aromatic ring is 1. The quantitative estimate of drug-likeness (QED) is 0.640. The van der Waals surface area contributed by atoms with E-state index in [1.165, 1.54) is 29.2 Å². The zero-order valence-corrected chi connectivity index (χ0v) is 16.0. The number of carbonyl (C=O) groups is 2. The van der Waals surface area contributed by atoms with Crippen molar-refractivity contribution >= 4 is 34.0 Å². The highest BCUT2D eigenvalue weighted by molar-refractivity contribution is 7.14. The topological polar surface area (TPSA) is 123 Å². The second kappa shape index (κ2) is 7.94. The van der Waals surface area contributed by atoms with Gasteiger partial charge < -0.3 is 20.4 Å². The Balaban J connectivity index is 2.02. The number of hydrogen-bond acceptors (Lipinski definition) is 7. The maximum absolute atomic E-state index is 12.2. The third-order valence-corrected chi connectivity index (χ3v) is 4.79. The Kier molecular flexibility index (Phi) is 5.42. The van der Waals surface area contributed by atoms with Crippen LogP contribution in [0, 0.1) is 11.3 Å². The molecule has 3 rings (SSSR count). The van der Waals surface area contributed by atoms with Gasteiger partial charge in [-0.1, -0.05) is 19.1 Å². The third kappa shape index (κ3) is 3.58. The van der Waals surface area contributed by atoms with Gasteiger partial charge in [-0.2, -0.15) is 5.26 Å². The molecule has 0 unspecified atom stereocenters. The van der Waals surface area contributed by atoms with Crippen LogP contribution in [0.1, 0.15) is 29.4 Å². The summed E-state index contributed by atoms with van der Waals surface area (Å²) in [7, 11) is 1.25. The summed E-state index contributed by atoms with van der Waals surface area (Å²) < 4.78 is 6.33. The van der Waals surface area contributed by atoms with Crippen molar-refractivity contribution in [3.05, 3.63) is 47.1 Å². The van der Waals surface area contributed by atoms with Gasteiger partial charge >= 0.3 is 5.97 Å². The number of nitrogens with two attached hydrogens (primary N) is 1. The van der Waals surface area contributed by atoms with Crippen LogP contribution in [-0.2, 0) is 9.53 Å². The Morgan fingerprint density at radius 2 is 2.21 bits per heavy atom. The van der Waals surface area contributed by atoms with E-state index < -0.39 is 5.97 Å². The minimum atomic E-state index is -0.636. The molecule has 0 atom stereocenters. The molecule has 0 bridgehead atoms. The van der Waals surface area contributed by atoms with E-state index in [4.69, 9.17) is 10.5 Å². The number of nitrogens with zero attached hydrogens (tertiary/aromatic N) is 3. The van der Waals surface area contributed by atoms with Gasteiger partial charge in [0.05, 0.1) is 24.1 Å². The van der Waals surface area contributed by atoms with Crippen molar-refractivity contribution in [2.24, 2.45) is 0 Å². The molecular weight excluding hydrogens is 378 g/mol. The predicted molar refractivity (Wildman–Crippen MR) is 106 cm³/mol. The van der Waals surface area contributed by atoms with E-state index in [0.29, 0.717) is 22.9 Å². The van der Waals surface area contributed by atoms with Crippen molar-refractivity contribution in [3.8, 4) is 23.0 Å². The molecule has 0 saturated heterocycles. The maximum atomic E-state index is 12.2. The SMILES string of the molecule is CCC(=O)Nc1nc(-c2cccc(-n3cc(C#N)c(N)c3C(=O)OC)c2)cs1. The number of thiazole rings is 1. The van der Waals surface area contributed by atoms with Crippen LogP contribution in [0.15, 0.2) is 35.8 Å². The van der Waals surface area contributed by atoms with E-state index >= 15 is 0 Å². The molecule has 0 radical (unpaired) electrons. The first-order chi connectivity index (χ1) is 13.5. The van der Waals surface area contributed by atoms with Crippen molar-refractivity contribution < 1.29 is 14.3 Å². The number of methoxy groups -OCH3 is 1. The average molecular weight is 395 g/mol. The number of nitriles is 1. The van der Waals surface area contributed by atoms with Gasteiger partial charge in [0.15, 0.2) is 10.8 Å². The molecule has 1 amide bonds. The van der Waals surface area contributed by atoms with E-state index in [1.54, 1.807) is 19.1 Å². The Hall–Kier alpha value is -3.64. The Bertz CT molecular complexity index is 1090. The molecule has 2 heterocycles. The molecule has 0 fully saturated rings. The molecule has 0 aliphatic carbocycles. The summed E-state index contributed by atoms with van der Waals surface area (Å²) in [5.41, 5.74) is 8.37. The first-order valence-electron chi connectivity index (χ1n) is 8.33. The van der Waals surface area contributed by atoms with Crippen molar-refractivity contribution in [2.75, 3.05) is 18.2 Å². The second-order valence-electron chi connectivity index (χ2n) is 5.77. The third-order valence-electron chi connectivity index (χ3n) is 4.04. The number of esters is 1. The normalized spacial score (nSPS) is 10.3. The van der Waals surface area contributed by atoms with Gasteiger partial charge in [0.2, 0.25) is 5.91 Å². The van der Waals surface area contributed by atoms with E-state index in [1.807, 2.05) is 23.6 Å². The molecule has 3 N–H and O–H groups in total. The van der Waals surface area contributed by atoms with Crippen LogP contribution in [0.4, 0.5) is 10.8 Å². The van der Waals surface area contributed by atoms with Gasteiger partial charge in [-0.15, -0.1) is 11.3 Å². The van der Waals surface area contributed by atoms with E-state index in [2.05, 4.69) is 10.3 Å². The van der Waals surface area contributed by atoms with E-state index in [0.717, 1.165) is 5.56 Å². The van der Waals surface area contributed by atoms with Crippen molar-refractivity contribution in [1.82, 2.24) is 9.55 Å². The summed E-state index contributed by atoms with van der Waals surface area (Å²) in [6.07, 6.45) is 1.87. The lowest BCUT2D eigenvalue weighted by atomic mass is 10.1. The summed E-state index contributed by atoms with van der Waals surface area (Å²) in [4.78, 5) is 28.1. The molecular formula is C19H17N5O3S. The Labute approximate surface area is 165 Å². The number of carbonyl (C=O) groups excluding carboxylic acids is 2. The number of aromatic nitrogens is 2. The number of hydrogen-bond donors (Lipinski definition) is 2. The van der Waals surface area contributed by atoms with Crippen LogP contribution < -0.4 is 11.1 Å². The monoisotopic (exact) mass is 395 g/mol. The van der Waals surface area contributed by atoms with Crippen LogP contribution in [0.3, 0.4) is 0 Å². The van der Waals surface area contributed by atoms with Gasteiger partial charge in [0.25, 0.3) is 0 Å². The molecule has 3 aromatic rings. The summed E-state index contributed by atoms with van der Waals surface area (Å²) in [5, 5.41) is 14.3. The highest BCUT2D eigenvalue weighted by Gasteiger charge is 2.22. The van der Waals surface area contributed by atoms with Crippen LogP contribution >= 0.6 is 11.3 Å². The molecule has 142 valence electrons. The summed E-state index contributed by atoms with van der Waals surface area (Å²) >= 11 is 1.32. The molecule has 0 aliphatic rings. The Morgan fingerprint density at radius 1 is 1.43 bits per heavy atom. The molecule has 28 heavy (non-hydrogen) atoms. The van der Waals surface area contributed by atoms with Crippen molar-refractivity contribution in [2.45, 2.75) is 13.3 Å². The predicted octanol–water partition coefficient (Wildman–Crippen LogP) is 3.19. The molecule has 9 heteroatoms. The number of rotatable bonds is 5. The minimum absolute atomic E-state index is 0.0676. The molecule has 0 spiro atoms.